The van der Waals surface area contributed by atoms with Crippen molar-refractivity contribution in [2.75, 3.05) is 48.3 Å². The largest absolute Gasteiger partial charge is 0.385 e. The van der Waals surface area contributed by atoms with Crippen molar-refractivity contribution in [3.05, 3.63) is 72.7 Å². The number of carbonyl (C=O) groups is 1. The third-order valence-corrected chi connectivity index (χ3v) is 7.70. The van der Waals surface area contributed by atoms with Crippen molar-refractivity contribution in [3.63, 3.8) is 0 Å². The van der Waals surface area contributed by atoms with Gasteiger partial charge in [-0.2, -0.15) is 5.10 Å². The van der Waals surface area contributed by atoms with Gasteiger partial charge in [-0.15, -0.1) is 0 Å². The van der Waals surface area contributed by atoms with Crippen LogP contribution in [0.3, 0.4) is 0 Å². The van der Waals surface area contributed by atoms with Gasteiger partial charge in [-0.3, -0.25) is 4.79 Å². The summed E-state index contributed by atoms with van der Waals surface area (Å²) in [6.07, 6.45) is 10.4. The Labute approximate surface area is 223 Å². The molecule has 1 aliphatic carbocycles. The van der Waals surface area contributed by atoms with E-state index in [1.54, 1.807) is 16.8 Å². The number of hydrogen-bond acceptors (Lipinski definition) is 6. The number of nitrogens with zero attached hydrogens (tertiary/aromatic N) is 4. The van der Waals surface area contributed by atoms with E-state index in [9.17, 15) is 4.79 Å². The van der Waals surface area contributed by atoms with Crippen LogP contribution in [0.25, 0.3) is 16.8 Å². The van der Waals surface area contributed by atoms with Gasteiger partial charge in [0.05, 0.1) is 6.20 Å². The summed E-state index contributed by atoms with van der Waals surface area (Å²) in [6, 6.07) is 18.1. The molecule has 0 unspecified atom stereocenters. The summed E-state index contributed by atoms with van der Waals surface area (Å²) >= 11 is 0. The fourth-order valence-corrected chi connectivity index (χ4v) is 5.52. The van der Waals surface area contributed by atoms with Gasteiger partial charge < -0.3 is 20.9 Å². The Kier molecular flexibility index (Phi) is 7.22. The summed E-state index contributed by atoms with van der Waals surface area (Å²) in [5.74, 6) is 0.542. The van der Waals surface area contributed by atoms with E-state index in [1.807, 2.05) is 24.4 Å². The topological polar surface area (TPSA) is 86.6 Å². The van der Waals surface area contributed by atoms with Gasteiger partial charge in [0.15, 0.2) is 5.65 Å². The van der Waals surface area contributed by atoms with E-state index in [0.29, 0.717) is 11.3 Å². The molecule has 0 radical (unpaired) electrons. The highest BCUT2D eigenvalue weighted by Crippen LogP contribution is 2.27. The molecule has 2 aliphatic rings. The van der Waals surface area contributed by atoms with Gasteiger partial charge in [-0.25, -0.2) is 9.50 Å². The zero-order valence-electron chi connectivity index (χ0n) is 21.7. The Bertz CT molecular complexity index is 1390. The Morgan fingerprint density at radius 1 is 0.974 bits per heavy atom. The molecule has 6 rings (SSSR count). The molecule has 0 spiro atoms. The van der Waals surface area contributed by atoms with Crippen LogP contribution in [-0.2, 0) is 0 Å². The van der Waals surface area contributed by atoms with Crippen LogP contribution in [0.1, 0.15) is 42.6 Å². The summed E-state index contributed by atoms with van der Waals surface area (Å²) in [5, 5.41) is 14.5. The third kappa shape index (κ3) is 5.50. The number of benzene rings is 2. The minimum Gasteiger partial charge on any atom is -0.385 e. The van der Waals surface area contributed by atoms with Gasteiger partial charge in [0, 0.05) is 61.5 Å². The van der Waals surface area contributed by atoms with Crippen LogP contribution in [0.2, 0.25) is 0 Å². The number of anilines is 3. The molecule has 8 nitrogen and oxygen atoms in total. The Morgan fingerprint density at radius 3 is 2.61 bits per heavy atom. The van der Waals surface area contributed by atoms with Gasteiger partial charge in [-0.1, -0.05) is 37.5 Å². The lowest BCUT2D eigenvalue weighted by atomic mass is 9.89. The minimum atomic E-state index is -0.237. The molecule has 8 heteroatoms. The van der Waals surface area contributed by atoms with Crippen LogP contribution in [0.5, 0.6) is 0 Å². The number of rotatable bonds is 7. The van der Waals surface area contributed by atoms with Gasteiger partial charge in [0.1, 0.15) is 5.69 Å². The number of aromatic nitrogens is 3. The van der Waals surface area contributed by atoms with E-state index in [4.69, 9.17) is 4.98 Å². The van der Waals surface area contributed by atoms with Crippen molar-refractivity contribution in [3.8, 4) is 11.1 Å². The molecule has 1 saturated heterocycles. The van der Waals surface area contributed by atoms with Crippen molar-refractivity contribution in [1.29, 1.82) is 0 Å². The molecule has 2 fully saturated rings. The first-order valence-corrected chi connectivity index (χ1v) is 13.8. The maximum absolute atomic E-state index is 13.1. The molecule has 4 aromatic rings. The van der Waals surface area contributed by atoms with Gasteiger partial charge in [-0.05, 0) is 60.7 Å². The fourth-order valence-electron chi connectivity index (χ4n) is 5.52. The monoisotopic (exact) mass is 509 g/mol. The Hall–Kier alpha value is -3.91. The predicted octanol–water partition coefficient (Wildman–Crippen LogP) is 5.05. The SMILES string of the molecule is O=C(Nc1cccc(N2CCNCC2)c1)c1ccn2ncc(-c3ccc(NCC4CCCCC4)cc3)c2n1. The molecule has 3 heterocycles. The molecule has 38 heavy (non-hydrogen) atoms. The molecule has 1 saturated carbocycles. The smallest absolute Gasteiger partial charge is 0.274 e. The highest BCUT2D eigenvalue weighted by atomic mass is 16.1. The average molecular weight is 510 g/mol. The Balaban J connectivity index is 1.16. The lowest BCUT2D eigenvalue weighted by molar-refractivity contribution is 0.102. The number of fused-ring (bicyclic) bond motifs is 1. The first-order chi connectivity index (χ1) is 18.7. The first kappa shape index (κ1) is 24.4. The van der Waals surface area contributed by atoms with E-state index in [-0.39, 0.29) is 5.91 Å². The van der Waals surface area contributed by atoms with Crippen molar-refractivity contribution >= 4 is 28.6 Å². The second kappa shape index (κ2) is 11.2. The molecule has 1 aliphatic heterocycles. The maximum atomic E-state index is 13.1. The molecule has 3 N–H and O–H groups in total. The number of hydrogen-bond donors (Lipinski definition) is 3. The number of amides is 1. The average Bonchev–Trinajstić information content (AvgIpc) is 3.41. The molecular weight excluding hydrogens is 474 g/mol. The third-order valence-electron chi connectivity index (χ3n) is 7.70. The molecular formula is C30H35N7O. The lowest BCUT2D eigenvalue weighted by Gasteiger charge is -2.29. The quantitative estimate of drug-likeness (QED) is 0.323. The summed E-state index contributed by atoms with van der Waals surface area (Å²) in [5.41, 5.74) is 5.95. The highest BCUT2D eigenvalue weighted by Gasteiger charge is 2.16. The van der Waals surface area contributed by atoms with E-state index < -0.39 is 0 Å². The molecule has 2 aromatic heterocycles. The van der Waals surface area contributed by atoms with Crippen LogP contribution in [0, 0.1) is 5.92 Å². The summed E-state index contributed by atoms with van der Waals surface area (Å²) in [6.45, 7) is 4.88. The van der Waals surface area contributed by atoms with Crippen molar-refractivity contribution < 1.29 is 4.79 Å². The van der Waals surface area contributed by atoms with E-state index in [2.05, 4.69) is 56.3 Å². The molecule has 2 aromatic carbocycles. The first-order valence-electron chi connectivity index (χ1n) is 13.8. The summed E-state index contributed by atoms with van der Waals surface area (Å²) < 4.78 is 1.71. The maximum Gasteiger partial charge on any atom is 0.274 e. The molecule has 0 bridgehead atoms. The Morgan fingerprint density at radius 2 is 1.79 bits per heavy atom. The molecule has 0 atom stereocenters. The number of carbonyl (C=O) groups excluding carboxylic acids is 1. The minimum absolute atomic E-state index is 0.237. The van der Waals surface area contributed by atoms with Crippen molar-refractivity contribution in [1.82, 2.24) is 19.9 Å². The van der Waals surface area contributed by atoms with Crippen LogP contribution in [0.4, 0.5) is 17.1 Å². The van der Waals surface area contributed by atoms with E-state index in [1.165, 1.54) is 32.1 Å². The lowest BCUT2D eigenvalue weighted by Crippen LogP contribution is -2.43. The van der Waals surface area contributed by atoms with Crippen LogP contribution in [0.15, 0.2) is 67.0 Å². The van der Waals surface area contributed by atoms with Crippen molar-refractivity contribution in [2.24, 2.45) is 5.92 Å². The second-order valence-corrected chi connectivity index (χ2v) is 10.3. The van der Waals surface area contributed by atoms with Crippen molar-refractivity contribution in [2.45, 2.75) is 32.1 Å². The van der Waals surface area contributed by atoms with E-state index in [0.717, 1.165) is 66.8 Å². The molecule has 1 amide bonds. The standard InChI is InChI=1S/C30H35N7O/c38-30(34-25-7-4-8-26(19-25)36-17-14-31-15-18-36)28-13-16-37-29(35-28)27(21-33-37)23-9-11-24(12-10-23)32-20-22-5-2-1-3-6-22/h4,7-13,16,19,21-22,31-32H,1-3,5-6,14-15,17-18,20H2,(H,34,38). The summed E-state index contributed by atoms with van der Waals surface area (Å²) in [7, 11) is 0. The van der Waals surface area contributed by atoms with Crippen LogP contribution in [-0.4, -0.2) is 53.2 Å². The number of piperazine rings is 1. The van der Waals surface area contributed by atoms with Gasteiger partial charge in [0.25, 0.3) is 5.91 Å². The van der Waals surface area contributed by atoms with Crippen LogP contribution >= 0.6 is 0 Å². The van der Waals surface area contributed by atoms with Gasteiger partial charge in [0.2, 0.25) is 0 Å². The number of nitrogens with one attached hydrogen (secondary N) is 3. The zero-order valence-corrected chi connectivity index (χ0v) is 21.7. The van der Waals surface area contributed by atoms with Crippen LogP contribution < -0.4 is 20.9 Å². The summed E-state index contributed by atoms with van der Waals surface area (Å²) in [4.78, 5) is 20.1. The predicted molar refractivity (Wildman–Crippen MR) is 153 cm³/mol. The highest BCUT2D eigenvalue weighted by molar-refractivity contribution is 6.03. The fraction of sp³-hybridized carbons (Fsp3) is 0.367. The van der Waals surface area contributed by atoms with Gasteiger partial charge >= 0.3 is 0 Å². The zero-order chi connectivity index (χ0) is 25.7. The second-order valence-electron chi connectivity index (χ2n) is 10.3. The normalized spacial score (nSPS) is 16.5. The van der Waals surface area contributed by atoms with E-state index >= 15 is 0 Å². The molecule has 196 valence electrons.